The fourth-order valence-electron chi connectivity index (χ4n) is 0.419. The number of ether oxygens (including phenoxy) is 1. The molecule has 0 aliphatic heterocycles. The zero-order valence-electron chi connectivity index (χ0n) is 6.84. The highest BCUT2D eigenvalue weighted by Gasteiger charge is 2.26. The molecule has 6 heteroatoms. The van der Waals surface area contributed by atoms with Crippen LogP contribution < -0.4 is 0 Å². The SMILES string of the molecule is C=CN=NC(=C)OCCC(F)(F)F. The molecule has 0 atom stereocenters. The third kappa shape index (κ3) is 8.58. The van der Waals surface area contributed by atoms with Gasteiger partial charge in [0.15, 0.2) is 0 Å². The fraction of sp³-hybridized carbons (Fsp3) is 0.429. The quantitative estimate of drug-likeness (QED) is 0.489. The lowest BCUT2D eigenvalue weighted by Gasteiger charge is -2.06. The Balaban J connectivity index is 3.60. The molecule has 0 aliphatic rings. The largest absolute Gasteiger partial charge is 0.477 e. The van der Waals surface area contributed by atoms with Gasteiger partial charge < -0.3 is 4.74 Å². The molecule has 0 saturated carbocycles. The maximum absolute atomic E-state index is 11.6. The van der Waals surface area contributed by atoms with Crippen LogP contribution in [0.2, 0.25) is 0 Å². The Hall–Kier alpha value is -1.33. The van der Waals surface area contributed by atoms with Crippen molar-refractivity contribution >= 4 is 0 Å². The van der Waals surface area contributed by atoms with E-state index >= 15 is 0 Å². The van der Waals surface area contributed by atoms with E-state index in [1.54, 1.807) is 0 Å². The second kappa shape index (κ2) is 5.34. The van der Waals surface area contributed by atoms with Gasteiger partial charge >= 0.3 is 6.18 Å². The second-order valence-corrected chi connectivity index (χ2v) is 2.01. The number of halogens is 3. The van der Waals surface area contributed by atoms with Crippen LogP contribution >= 0.6 is 0 Å². The first-order valence-electron chi connectivity index (χ1n) is 3.36. The van der Waals surface area contributed by atoms with Gasteiger partial charge in [-0.15, -0.1) is 5.11 Å². The van der Waals surface area contributed by atoms with E-state index in [0.29, 0.717) is 0 Å². The minimum absolute atomic E-state index is 0.163. The zero-order valence-corrected chi connectivity index (χ0v) is 6.84. The van der Waals surface area contributed by atoms with Crippen molar-refractivity contribution in [3.05, 3.63) is 25.2 Å². The molecule has 0 aliphatic carbocycles. The van der Waals surface area contributed by atoms with Gasteiger partial charge in [0.1, 0.15) is 0 Å². The first kappa shape index (κ1) is 11.7. The van der Waals surface area contributed by atoms with Crippen LogP contribution in [-0.4, -0.2) is 12.8 Å². The molecule has 0 unspecified atom stereocenters. The standard InChI is InChI=1S/C7H9F3N2O/c1-3-11-12-6(2)13-5-4-7(8,9)10/h3H,1-2,4-5H2. The van der Waals surface area contributed by atoms with Gasteiger partial charge in [0.05, 0.1) is 13.0 Å². The molecule has 0 spiro atoms. The minimum atomic E-state index is -4.23. The summed E-state index contributed by atoms with van der Waals surface area (Å²) in [5, 5.41) is 6.56. The van der Waals surface area contributed by atoms with E-state index in [0.717, 1.165) is 6.20 Å². The Labute approximate surface area is 73.6 Å². The number of alkyl halides is 3. The van der Waals surface area contributed by atoms with Gasteiger partial charge in [0.2, 0.25) is 5.88 Å². The van der Waals surface area contributed by atoms with Gasteiger partial charge in [-0.25, -0.2) is 0 Å². The molecule has 0 amide bonds. The third-order valence-corrected chi connectivity index (χ3v) is 0.905. The Morgan fingerprint density at radius 1 is 1.46 bits per heavy atom. The predicted octanol–water partition coefficient (Wildman–Crippen LogP) is 3.02. The smallest absolute Gasteiger partial charge is 0.392 e. The van der Waals surface area contributed by atoms with E-state index < -0.39 is 19.2 Å². The molecule has 0 aromatic rings. The maximum atomic E-state index is 11.6. The van der Waals surface area contributed by atoms with Crippen LogP contribution in [0.15, 0.2) is 35.5 Å². The lowest BCUT2D eigenvalue weighted by Crippen LogP contribution is -2.10. The minimum Gasteiger partial charge on any atom is -0.477 e. The summed E-state index contributed by atoms with van der Waals surface area (Å²) < 4.78 is 39.2. The number of rotatable bonds is 5. The number of hydrogen-bond donors (Lipinski definition) is 0. The average Bonchev–Trinajstić information content (AvgIpc) is 1.98. The lowest BCUT2D eigenvalue weighted by atomic mass is 10.4. The van der Waals surface area contributed by atoms with E-state index in [9.17, 15) is 13.2 Å². The Morgan fingerprint density at radius 3 is 2.54 bits per heavy atom. The van der Waals surface area contributed by atoms with E-state index in [2.05, 4.69) is 28.1 Å². The maximum Gasteiger partial charge on any atom is 0.392 e. The molecule has 0 fully saturated rings. The summed E-state index contributed by atoms with van der Waals surface area (Å²) in [5.41, 5.74) is 0. The highest BCUT2D eigenvalue weighted by Crippen LogP contribution is 2.19. The topological polar surface area (TPSA) is 34.0 Å². The number of nitrogens with zero attached hydrogens (tertiary/aromatic N) is 2. The molecule has 0 rings (SSSR count). The third-order valence-electron chi connectivity index (χ3n) is 0.905. The summed E-state index contributed by atoms with van der Waals surface area (Å²) in [6.45, 7) is 5.93. The molecular weight excluding hydrogens is 185 g/mol. The zero-order chi connectivity index (χ0) is 10.3. The van der Waals surface area contributed by atoms with E-state index in [1.807, 2.05) is 0 Å². The van der Waals surface area contributed by atoms with Crippen molar-refractivity contribution in [2.24, 2.45) is 10.2 Å². The van der Waals surface area contributed by atoms with Gasteiger partial charge in [0.25, 0.3) is 0 Å². The van der Waals surface area contributed by atoms with Crippen LogP contribution in [-0.2, 0) is 4.74 Å². The van der Waals surface area contributed by atoms with Crippen LogP contribution in [0, 0.1) is 0 Å². The molecule has 13 heavy (non-hydrogen) atoms. The highest BCUT2D eigenvalue weighted by atomic mass is 19.4. The molecule has 74 valence electrons. The van der Waals surface area contributed by atoms with Crippen molar-refractivity contribution in [3.8, 4) is 0 Å². The summed E-state index contributed by atoms with van der Waals surface area (Å²) in [5.74, 6) is -0.163. The molecular formula is C7H9F3N2O. The molecule has 0 aromatic carbocycles. The Morgan fingerprint density at radius 2 is 2.08 bits per heavy atom. The van der Waals surface area contributed by atoms with Crippen molar-refractivity contribution in [1.82, 2.24) is 0 Å². The van der Waals surface area contributed by atoms with E-state index in [-0.39, 0.29) is 5.88 Å². The molecule has 3 nitrogen and oxygen atoms in total. The lowest BCUT2D eigenvalue weighted by molar-refractivity contribution is -0.142. The van der Waals surface area contributed by atoms with Crippen molar-refractivity contribution in [1.29, 1.82) is 0 Å². The molecule has 0 N–H and O–H groups in total. The van der Waals surface area contributed by atoms with Crippen LogP contribution in [0.4, 0.5) is 13.2 Å². The predicted molar refractivity (Wildman–Crippen MR) is 40.8 cm³/mol. The van der Waals surface area contributed by atoms with Crippen LogP contribution in [0.5, 0.6) is 0 Å². The molecule has 0 saturated heterocycles. The normalized spacial score (nSPS) is 11.6. The Kier molecular flexibility index (Phi) is 4.79. The second-order valence-electron chi connectivity index (χ2n) is 2.01. The summed E-state index contributed by atoms with van der Waals surface area (Å²) in [4.78, 5) is 0. The van der Waals surface area contributed by atoms with Crippen molar-refractivity contribution in [3.63, 3.8) is 0 Å². The summed E-state index contributed by atoms with van der Waals surface area (Å²) >= 11 is 0. The van der Waals surface area contributed by atoms with Crippen LogP contribution in [0.25, 0.3) is 0 Å². The van der Waals surface area contributed by atoms with Gasteiger partial charge in [-0.2, -0.15) is 18.3 Å². The van der Waals surface area contributed by atoms with Crippen molar-refractivity contribution < 1.29 is 17.9 Å². The summed E-state index contributed by atoms with van der Waals surface area (Å²) in [6.07, 6.45) is -4.14. The van der Waals surface area contributed by atoms with E-state index in [1.165, 1.54) is 0 Å². The van der Waals surface area contributed by atoms with Crippen molar-refractivity contribution in [2.45, 2.75) is 12.6 Å². The van der Waals surface area contributed by atoms with E-state index in [4.69, 9.17) is 0 Å². The average molecular weight is 194 g/mol. The summed E-state index contributed by atoms with van der Waals surface area (Å²) in [7, 11) is 0. The molecule has 0 heterocycles. The van der Waals surface area contributed by atoms with Gasteiger partial charge in [-0.1, -0.05) is 6.58 Å². The number of azo groups is 1. The fourth-order valence-corrected chi connectivity index (χ4v) is 0.419. The Bertz CT molecular complexity index is 210. The summed E-state index contributed by atoms with van der Waals surface area (Å²) in [6, 6.07) is 0. The monoisotopic (exact) mass is 194 g/mol. The van der Waals surface area contributed by atoms with Crippen molar-refractivity contribution in [2.75, 3.05) is 6.61 Å². The number of hydrogen-bond acceptors (Lipinski definition) is 3. The first-order chi connectivity index (χ1) is 5.95. The van der Waals surface area contributed by atoms with Gasteiger partial charge in [0, 0.05) is 6.20 Å². The highest BCUT2D eigenvalue weighted by molar-refractivity contribution is 4.78. The molecule has 0 aromatic heterocycles. The van der Waals surface area contributed by atoms with Gasteiger partial charge in [-0.3, -0.25) is 0 Å². The molecule has 0 bridgehead atoms. The first-order valence-corrected chi connectivity index (χ1v) is 3.36. The van der Waals surface area contributed by atoms with Crippen LogP contribution in [0.3, 0.4) is 0 Å². The van der Waals surface area contributed by atoms with Crippen LogP contribution in [0.1, 0.15) is 6.42 Å². The van der Waals surface area contributed by atoms with Gasteiger partial charge in [-0.05, 0) is 6.58 Å². The molecule has 0 radical (unpaired) electrons.